The number of hydrogen-bond donors (Lipinski definition) is 0. The average Bonchev–Trinajstić information content (AvgIpc) is 3.19. The average molecular weight is 1170 g/mol. The Bertz CT molecular complexity index is 1140. The molecule has 0 unspecified atom stereocenters. The van der Waals surface area contributed by atoms with Crippen LogP contribution in [0.5, 0.6) is 0 Å². The van der Waals surface area contributed by atoms with E-state index >= 15 is 0 Å². The molecule has 0 atom stereocenters. The van der Waals surface area contributed by atoms with Gasteiger partial charge in [-0.25, -0.2) is 0 Å². The lowest BCUT2D eigenvalue weighted by molar-refractivity contribution is 0.0723. The van der Waals surface area contributed by atoms with Gasteiger partial charge in [0.15, 0.2) is 69.4 Å². The third kappa shape index (κ3) is 41.0. The van der Waals surface area contributed by atoms with Gasteiger partial charge < -0.3 is 60.7 Å². The van der Waals surface area contributed by atoms with E-state index in [1.54, 1.807) is 35.5 Å². The van der Waals surface area contributed by atoms with Crippen molar-refractivity contribution in [3.05, 3.63) is 0 Å². The van der Waals surface area contributed by atoms with E-state index < -0.39 is 104 Å². The standard InChI is InChI=1S/C12H32O4Si3.C11H30O3Si3.C9H26O4Si3.C9H26O3Si3/c1-8-13-19(14-9-2,15-10-3)12-11-18(6,7)16-17(4)5;1-8-12-17(7,13-9-2)11-10-16(5,6)14-15(3)4;1-10-16(11-2,12-3)9-8-15(6,7)13-14(4)5;1-10-15(7,11-2)9-8-14(5,6)12-13(3)4/h17H,8-12H2,1-7H3;15H,8-11H2,1-7H3;14H,8-9H2,1-7H3;13H,8-9H2,1-7H3. The minimum absolute atomic E-state index is 0.647. The molecule has 0 amide bonds. The fourth-order valence-corrected chi connectivity index (χ4v) is 50.7. The molecule has 0 heterocycles. The molecular formula is C41H114O14Si12. The Balaban J connectivity index is -0.000000396. The molecule has 0 aliphatic carbocycles. The summed E-state index contributed by atoms with van der Waals surface area (Å²) in [6, 6.07) is 8.20. The summed E-state index contributed by atoms with van der Waals surface area (Å²) in [6.07, 6.45) is 0. The highest BCUT2D eigenvalue weighted by molar-refractivity contribution is 6.81. The summed E-state index contributed by atoms with van der Waals surface area (Å²) in [5.74, 6) is 0. The number of hydrogen-bond acceptors (Lipinski definition) is 14. The molecule has 26 heteroatoms. The van der Waals surface area contributed by atoms with Gasteiger partial charge in [-0.15, -0.1) is 0 Å². The predicted octanol–water partition coefficient (Wildman–Crippen LogP) is 11.2. The van der Waals surface area contributed by atoms with Gasteiger partial charge in [-0.1, -0.05) is 0 Å². The Kier molecular flexibility index (Phi) is 43.5. The van der Waals surface area contributed by atoms with Crippen molar-refractivity contribution in [3.63, 3.8) is 0 Å². The van der Waals surface area contributed by atoms with Crippen LogP contribution in [-0.2, 0) is 60.7 Å². The van der Waals surface area contributed by atoms with Crippen molar-refractivity contribution in [2.24, 2.45) is 0 Å². The van der Waals surface area contributed by atoms with Crippen LogP contribution < -0.4 is 0 Å². The third-order valence-corrected chi connectivity index (χ3v) is 47.6. The molecule has 0 saturated heterocycles. The molecule has 0 rings (SSSR count). The predicted molar refractivity (Wildman–Crippen MR) is 316 cm³/mol. The molecule has 0 aromatic carbocycles. The second kappa shape index (κ2) is 38.6. The van der Waals surface area contributed by atoms with Crippen LogP contribution in [0.15, 0.2) is 0 Å². The first kappa shape index (κ1) is 75.6. The summed E-state index contributed by atoms with van der Waals surface area (Å²) in [5, 5.41) is 0. The van der Waals surface area contributed by atoms with Gasteiger partial charge in [0.2, 0.25) is 0 Å². The number of rotatable bonds is 35. The second-order valence-electron chi connectivity index (χ2n) is 20.5. The highest BCUT2D eigenvalue weighted by Crippen LogP contribution is 2.27. The minimum atomic E-state index is -2.49. The van der Waals surface area contributed by atoms with Crippen LogP contribution in [0.3, 0.4) is 0 Å². The normalized spacial score (nSPS) is 13.4. The first-order valence-corrected chi connectivity index (χ1v) is 57.8. The summed E-state index contributed by atoms with van der Waals surface area (Å²) in [7, 11) is -10.1. The third-order valence-electron chi connectivity index (χ3n) is 10.4. The molecule has 410 valence electrons. The Morgan fingerprint density at radius 3 is 0.701 bits per heavy atom. The molecule has 0 N–H and O–H groups in total. The van der Waals surface area contributed by atoms with Gasteiger partial charge in [0.1, 0.15) is 0 Å². The Morgan fingerprint density at radius 1 is 0.269 bits per heavy atom. The maximum Gasteiger partial charge on any atom is 0.500 e. The molecule has 14 nitrogen and oxygen atoms in total. The van der Waals surface area contributed by atoms with Crippen molar-refractivity contribution in [1.82, 2.24) is 0 Å². The van der Waals surface area contributed by atoms with Crippen molar-refractivity contribution in [3.8, 4) is 0 Å². The monoisotopic (exact) mass is 1170 g/mol. The van der Waals surface area contributed by atoms with Gasteiger partial charge in [0.05, 0.1) is 0 Å². The Labute approximate surface area is 431 Å². The van der Waals surface area contributed by atoms with Crippen molar-refractivity contribution in [1.29, 1.82) is 0 Å². The molecule has 0 aromatic rings. The van der Waals surface area contributed by atoms with Crippen LogP contribution in [0.1, 0.15) is 34.6 Å². The zero-order valence-electron chi connectivity index (χ0n) is 49.2. The smallest absolute Gasteiger partial charge is 0.458 e. The fourth-order valence-electron chi connectivity index (χ4n) is 7.39. The van der Waals surface area contributed by atoms with Crippen LogP contribution in [0, 0.1) is 0 Å². The van der Waals surface area contributed by atoms with Gasteiger partial charge in [-0.3, -0.25) is 0 Å². The van der Waals surface area contributed by atoms with Gasteiger partial charge in [0, 0.05) is 80.7 Å². The molecule has 0 aliphatic heterocycles. The van der Waals surface area contributed by atoms with E-state index in [2.05, 4.69) is 118 Å². The summed E-state index contributed by atoms with van der Waals surface area (Å²) in [4.78, 5) is 0. The van der Waals surface area contributed by atoms with Gasteiger partial charge in [-0.2, -0.15) is 0 Å². The van der Waals surface area contributed by atoms with E-state index in [0.29, 0.717) is 19.8 Å². The molecule has 0 radical (unpaired) electrons. The van der Waals surface area contributed by atoms with E-state index in [-0.39, 0.29) is 0 Å². The van der Waals surface area contributed by atoms with Gasteiger partial charge >= 0.3 is 34.7 Å². The highest BCUT2D eigenvalue weighted by Gasteiger charge is 2.43. The topological polar surface area (TPSA) is 129 Å². The zero-order chi connectivity index (χ0) is 53.4. The molecular weight excluding hydrogens is 1050 g/mol. The summed E-state index contributed by atoms with van der Waals surface area (Å²) >= 11 is 0. The van der Waals surface area contributed by atoms with E-state index in [1.165, 1.54) is 0 Å². The lowest BCUT2D eigenvalue weighted by Gasteiger charge is -2.32. The SMILES string of the molecule is CCO[Si](C)(CC[Si](C)(C)O[SiH](C)C)OCC.CCO[Si](CC[Si](C)(C)O[SiH](C)C)(OCC)OCC.CO[Si](C)(CC[Si](C)(C)O[SiH](C)C)OC.CO[Si](CC[Si](C)(C)O[SiH](C)C)(OC)OC. The van der Waals surface area contributed by atoms with Crippen LogP contribution in [-0.4, -0.2) is 173 Å². The maximum atomic E-state index is 6.20. The summed E-state index contributed by atoms with van der Waals surface area (Å²) in [6.45, 7) is 53.9. The van der Waals surface area contributed by atoms with Crippen LogP contribution in [0.25, 0.3) is 0 Å². The lowest BCUT2D eigenvalue weighted by atomic mass is 10.9. The van der Waals surface area contributed by atoms with E-state index in [9.17, 15) is 0 Å². The molecule has 0 aliphatic rings. The molecule has 0 spiro atoms. The maximum absolute atomic E-state index is 6.20. The molecule has 0 aromatic heterocycles. The Hall–Kier alpha value is 2.04. The molecule has 0 saturated carbocycles. The Morgan fingerprint density at radius 2 is 0.493 bits per heavy atom. The molecule has 67 heavy (non-hydrogen) atoms. The first-order valence-electron chi connectivity index (χ1n) is 25.3. The molecule has 0 bridgehead atoms. The van der Waals surface area contributed by atoms with Gasteiger partial charge in [0.25, 0.3) is 0 Å². The van der Waals surface area contributed by atoms with Crippen molar-refractivity contribution in [2.75, 3.05) is 68.6 Å². The van der Waals surface area contributed by atoms with Crippen LogP contribution in [0.4, 0.5) is 0 Å². The summed E-state index contributed by atoms with van der Waals surface area (Å²) < 4.78 is 81.2. The largest absolute Gasteiger partial charge is 0.500 e. The van der Waals surface area contributed by atoms with E-state index in [0.717, 1.165) is 61.6 Å². The first-order chi connectivity index (χ1) is 30.6. The van der Waals surface area contributed by atoms with Crippen molar-refractivity contribution in [2.45, 2.75) is 201 Å². The minimum Gasteiger partial charge on any atom is -0.458 e. The fraction of sp³-hybridized carbons (Fsp3) is 1.00. The van der Waals surface area contributed by atoms with E-state index in [1.807, 2.05) is 34.6 Å². The zero-order valence-corrected chi connectivity index (χ0v) is 61.8. The van der Waals surface area contributed by atoms with Crippen molar-refractivity contribution >= 4 is 104 Å². The summed E-state index contributed by atoms with van der Waals surface area (Å²) in [5.41, 5.74) is 0. The van der Waals surface area contributed by atoms with Crippen molar-refractivity contribution < 1.29 is 60.7 Å². The quantitative estimate of drug-likeness (QED) is 0.0558. The second-order valence-corrected chi connectivity index (χ2v) is 61.5. The van der Waals surface area contributed by atoms with Gasteiger partial charge in [-0.05, 0) is 189 Å². The van der Waals surface area contributed by atoms with Crippen LogP contribution >= 0.6 is 0 Å². The molecule has 0 fully saturated rings. The highest BCUT2D eigenvalue weighted by atomic mass is 28.4. The lowest BCUT2D eigenvalue weighted by Crippen LogP contribution is -2.48. The van der Waals surface area contributed by atoms with Crippen LogP contribution in [0.2, 0.25) is 166 Å². The van der Waals surface area contributed by atoms with E-state index in [4.69, 9.17) is 60.7 Å².